The predicted molar refractivity (Wildman–Crippen MR) is 88.7 cm³/mol. The van der Waals surface area contributed by atoms with Gasteiger partial charge < -0.3 is 20.9 Å². The number of urea groups is 1. The lowest BCUT2D eigenvalue weighted by Gasteiger charge is -2.15. The summed E-state index contributed by atoms with van der Waals surface area (Å²) < 4.78 is 0. The van der Waals surface area contributed by atoms with E-state index >= 15 is 0 Å². The van der Waals surface area contributed by atoms with Gasteiger partial charge in [0.15, 0.2) is 0 Å². The second-order valence-corrected chi connectivity index (χ2v) is 5.18. The lowest BCUT2D eigenvalue weighted by molar-refractivity contribution is 0.250. The highest BCUT2D eigenvalue weighted by molar-refractivity contribution is 5.89. The van der Waals surface area contributed by atoms with Crippen LogP contribution in [0.15, 0.2) is 24.3 Å². The van der Waals surface area contributed by atoms with Gasteiger partial charge in [0, 0.05) is 24.8 Å². The van der Waals surface area contributed by atoms with E-state index in [0.29, 0.717) is 12.6 Å². The first-order chi connectivity index (χ1) is 10.1. The molecule has 0 bridgehead atoms. The lowest BCUT2D eigenvalue weighted by Crippen LogP contribution is -2.35. The summed E-state index contributed by atoms with van der Waals surface area (Å²) in [4.78, 5) is 13.9. The molecule has 0 aliphatic heterocycles. The fourth-order valence-electron chi connectivity index (χ4n) is 1.97. The number of nitrogens with one attached hydrogen (secondary N) is 3. The van der Waals surface area contributed by atoms with E-state index in [2.05, 4.69) is 41.6 Å². The van der Waals surface area contributed by atoms with Crippen LogP contribution < -0.4 is 16.0 Å². The number of carbonyl (C=O) groups excluding carboxylic acids is 1. The molecule has 0 spiro atoms. The van der Waals surface area contributed by atoms with Crippen molar-refractivity contribution in [3.05, 3.63) is 29.8 Å². The molecular formula is C16H28N4O. The fraction of sp³-hybridized carbons (Fsp3) is 0.562. The quantitative estimate of drug-likeness (QED) is 0.690. The zero-order valence-electron chi connectivity index (χ0n) is 13.6. The molecular weight excluding hydrogens is 264 g/mol. The Kier molecular flexibility index (Phi) is 7.79. The molecule has 0 saturated carbocycles. The van der Waals surface area contributed by atoms with E-state index in [1.807, 2.05) is 31.3 Å². The van der Waals surface area contributed by atoms with E-state index in [0.717, 1.165) is 25.3 Å². The Bertz CT molecular complexity index is 419. The number of amides is 2. The maximum Gasteiger partial charge on any atom is 0.319 e. The second kappa shape index (κ2) is 9.37. The number of likely N-dealkylation sites (N-methyl/N-ethyl adjacent to an activating group) is 1. The maximum absolute atomic E-state index is 11.8. The van der Waals surface area contributed by atoms with E-state index in [-0.39, 0.29) is 6.03 Å². The molecule has 0 aromatic heterocycles. The van der Waals surface area contributed by atoms with Crippen LogP contribution in [-0.4, -0.2) is 44.2 Å². The van der Waals surface area contributed by atoms with E-state index in [4.69, 9.17) is 0 Å². The van der Waals surface area contributed by atoms with Gasteiger partial charge in [-0.05, 0) is 44.8 Å². The van der Waals surface area contributed by atoms with Crippen molar-refractivity contribution in [2.75, 3.05) is 38.5 Å². The Labute approximate surface area is 128 Å². The van der Waals surface area contributed by atoms with Crippen molar-refractivity contribution in [3.63, 3.8) is 0 Å². The maximum atomic E-state index is 11.8. The summed E-state index contributed by atoms with van der Waals surface area (Å²) in [6, 6.07) is 8.10. The topological polar surface area (TPSA) is 56.4 Å². The number of benzene rings is 1. The molecule has 0 saturated heterocycles. The number of anilines is 1. The molecule has 0 heterocycles. The van der Waals surface area contributed by atoms with Crippen molar-refractivity contribution in [2.45, 2.75) is 26.8 Å². The monoisotopic (exact) mass is 292 g/mol. The third-order valence-electron chi connectivity index (χ3n) is 3.50. The van der Waals surface area contributed by atoms with Crippen molar-refractivity contribution in [3.8, 4) is 0 Å². The molecule has 1 aromatic rings. The average molecular weight is 292 g/mol. The molecule has 1 unspecified atom stereocenters. The van der Waals surface area contributed by atoms with Gasteiger partial charge in [0.1, 0.15) is 0 Å². The van der Waals surface area contributed by atoms with E-state index in [1.165, 1.54) is 5.56 Å². The lowest BCUT2D eigenvalue weighted by atomic mass is 10.1. The van der Waals surface area contributed by atoms with Crippen molar-refractivity contribution in [1.82, 2.24) is 15.5 Å². The van der Waals surface area contributed by atoms with Crippen LogP contribution in [0.2, 0.25) is 0 Å². The van der Waals surface area contributed by atoms with Gasteiger partial charge in [0.05, 0.1) is 0 Å². The molecule has 1 rings (SSSR count). The highest BCUT2D eigenvalue weighted by atomic mass is 16.2. The predicted octanol–water partition coefficient (Wildman–Crippen LogP) is 2.43. The van der Waals surface area contributed by atoms with Crippen LogP contribution in [0.5, 0.6) is 0 Å². The highest BCUT2D eigenvalue weighted by Gasteiger charge is 2.05. The van der Waals surface area contributed by atoms with Crippen LogP contribution in [0, 0.1) is 0 Å². The van der Waals surface area contributed by atoms with Gasteiger partial charge in [0.25, 0.3) is 0 Å². The standard InChI is InChI=1S/C16H28N4O/c1-5-17-13(3)14-7-9-15(10-8-14)19-16(21)18-11-12-20(4)6-2/h7-10,13,17H,5-6,11-12H2,1-4H3,(H2,18,19,21). The van der Waals surface area contributed by atoms with Crippen LogP contribution in [0.1, 0.15) is 32.4 Å². The van der Waals surface area contributed by atoms with Crippen LogP contribution >= 0.6 is 0 Å². The molecule has 1 aromatic carbocycles. The first kappa shape index (κ1) is 17.5. The third-order valence-corrected chi connectivity index (χ3v) is 3.50. The first-order valence-electron chi connectivity index (χ1n) is 7.63. The fourth-order valence-corrected chi connectivity index (χ4v) is 1.97. The van der Waals surface area contributed by atoms with Crippen molar-refractivity contribution in [1.29, 1.82) is 0 Å². The van der Waals surface area contributed by atoms with Crippen LogP contribution in [0.3, 0.4) is 0 Å². The van der Waals surface area contributed by atoms with Gasteiger partial charge >= 0.3 is 6.03 Å². The van der Waals surface area contributed by atoms with Crippen LogP contribution in [0.4, 0.5) is 10.5 Å². The molecule has 118 valence electrons. The number of hydrogen-bond acceptors (Lipinski definition) is 3. The number of rotatable bonds is 8. The summed E-state index contributed by atoms with van der Waals surface area (Å²) in [7, 11) is 2.03. The summed E-state index contributed by atoms with van der Waals surface area (Å²) in [5, 5.41) is 9.05. The van der Waals surface area contributed by atoms with Gasteiger partial charge in [-0.2, -0.15) is 0 Å². The Morgan fingerprint density at radius 1 is 1.24 bits per heavy atom. The van der Waals surface area contributed by atoms with Gasteiger partial charge in [-0.15, -0.1) is 0 Å². The molecule has 2 amide bonds. The number of nitrogens with zero attached hydrogens (tertiary/aromatic N) is 1. The summed E-state index contributed by atoms with van der Waals surface area (Å²) in [6.07, 6.45) is 0. The smallest absolute Gasteiger partial charge is 0.319 e. The van der Waals surface area contributed by atoms with Gasteiger partial charge in [-0.1, -0.05) is 26.0 Å². The van der Waals surface area contributed by atoms with Crippen molar-refractivity contribution < 1.29 is 4.79 Å². The summed E-state index contributed by atoms with van der Waals surface area (Å²) in [5.74, 6) is 0. The SMILES string of the molecule is CCNC(C)c1ccc(NC(=O)NCCN(C)CC)cc1. The average Bonchev–Trinajstić information content (AvgIpc) is 2.48. The van der Waals surface area contributed by atoms with E-state index in [9.17, 15) is 4.79 Å². The molecule has 0 aliphatic carbocycles. The summed E-state index contributed by atoms with van der Waals surface area (Å²) in [6.45, 7) is 9.73. The minimum Gasteiger partial charge on any atom is -0.337 e. The zero-order chi connectivity index (χ0) is 15.7. The molecule has 0 radical (unpaired) electrons. The minimum absolute atomic E-state index is 0.160. The number of carbonyl (C=O) groups is 1. The Morgan fingerprint density at radius 2 is 1.90 bits per heavy atom. The normalized spacial score (nSPS) is 12.2. The van der Waals surface area contributed by atoms with Crippen molar-refractivity contribution >= 4 is 11.7 Å². The van der Waals surface area contributed by atoms with Gasteiger partial charge in [-0.3, -0.25) is 0 Å². The molecule has 0 fully saturated rings. The first-order valence-corrected chi connectivity index (χ1v) is 7.63. The zero-order valence-corrected chi connectivity index (χ0v) is 13.6. The summed E-state index contributed by atoms with van der Waals surface area (Å²) in [5.41, 5.74) is 2.02. The molecule has 1 atom stereocenters. The molecule has 5 nitrogen and oxygen atoms in total. The van der Waals surface area contributed by atoms with Gasteiger partial charge in [0.2, 0.25) is 0 Å². The Morgan fingerprint density at radius 3 is 2.48 bits per heavy atom. The molecule has 0 aliphatic rings. The largest absolute Gasteiger partial charge is 0.337 e. The van der Waals surface area contributed by atoms with Gasteiger partial charge in [-0.25, -0.2) is 4.79 Å². The Hall–Kier alpha value is -1.59. The molecule has 3 N–H and O–H groups in total. The second-order valence-electron chi connectivity index (χ2n) is 5.18. The molecule has 21 heavy (non-hydrogen) atoms. The Balaban J connectivity index is 2.39. The van der Waals surface area contributed by atoms with E-state index < -0.39 is 0 Å². The molecule has 5 heteroatoms. The van der Waals surface area contributed by atoms with Crippen molar-refractivity contribution in [2.24, 2.45) is 0 Å². The third kappa shape index (κ3) is 6.60. The summed E-state index contributed by atoms with van der Waals surface area (Å²) >= 11 is 0. The number of hydrogen-bond donors (Lipinski definition) is 3. The van der Waals surface area contributed by atoms with Crippen LogP contribution in [-0.2, 0) is 0 Å². The highest BCUT2D eigenvalue weighted by Crippen LogP contribution is 2.15. The van der Waals surface area contributed by atoms with Crippen LogP contribution in [0.25, 0.3) is 0 Å². The minimum atomic E-state index is -0.160. The van der Waals surface area contributed by atoms with E-state index in [1.54, 1.807) is 0 Å².